The van der Waals surface area contributed by atoms with Crippen LogP contribution in [0.2, 0.25) is 0 Å². The van der Waals surface area contributed by atoms with Crippen LogP contribution in [0.1, 0.15) is 25.7 Å². The molecule has 2 rings (SSSR count). The summed E-state index contributed by atoms with van der Waals surface area (Å²) in [5.41, 5.74) is 0.570. The van der Waals surface area contributed by atoms with Crippen LogP contribution in [0, 0.1) is 12.3 Å². The molecule has 0 spiro atoms. The van der Waals surface area contributed by atoms with E-state index in [1.807, 2.05) is 11.8 Å². The molecule has 6 heteroatoms. The molecular weight excluding hydrogens is 338 g/mol. The number of terminal acetylenes is 1. The molecule has 2 atom stereocenters. The Bertz CT molecular complexity index is 567. The number of aromatic nitrogens is 2. The van der Waals surface area contributed by atoms with E-state index in [0.717, 1.165) is 18.5 Å². The number of nitrogens with zero attached hydrogens (tertiary/aromatic N) is 2. The fourth-order valence-electron chi connectivity index (χ4n) is 2.47. The van der Waals surface area contributed by atoms with Gasteiger partial charge in [0.15, 0.2) is 0 Å². The highest BCUT2D eigenvalue weighted by Gasteiger charge is 2.22. The lowest BCUT2D eigenvalue weighted by Crippen LogP contribution is -2.30. The van der Waals surface area contributed by atoms with E-state index in [9.17, 15) is 4.79 Å². The fraction of sp³-hybridized carbons (Fsp3) is 0.571. The van der Waals surface area contributed by atoms with Crippen molar-refractivity contribution in [1.29, 1.82) is 0 Å². The second kappa shape index (κ2) is 7.19. The lowest BCUT2D eigenvalue weighted by Gasteiger charge is -2.29. The van der Waals surface area contributed by atoms with Crippen molar-refractivity contribution in [2.75, 3.05) is 11.6 Å². The van der Waals surface area contributed by atoms with Crippen LogP contribution >= 0.6 is 27.7 Å². The summed E-state index contributed by atoms with van der Waals surface area (Å²) in [5.74, 6) is 2.42. The maximum Gasteiger partial charge on any atom is 0.284 e. The Morgan fingerprint density at radius 2 is 2.45 bits per heavy atom. The van der Waals surface area contributed by atoms with Crippen LogP contribution in [0.4, 0.5) is 5.69 Å². The summed E-state index contributed by atoms with van der Waals surface area (Å²) in [5, 5.41) is 8.24. The first-order valence-electron chi connectivity index (χ1n) is 6.64. The van der Waals surface area contributed by atoms with Gasteiger partial charge in [-0.05, 0) is 41.4 Å². The first-order chi connectivity index (χ1) is 9.65. The average Bonchev–Trinajstić information content (AvgIpc) is 2.47. The van der Waals surface area contributed by atoms with Crippen LogP contribution in [0.25, 0.3) is 0 Å². The summed E-state index contributed by atoms with van der Waals surface area (Å²) in [6, 6.07) is 0.405. The van der Waals surface area contributed by atoms with Gasteiger partial charge >= 0.3 is 0 Å². The van der Waals surface area contributed by atoms with E-state index in [0.29, 0.717) is 15.8 Å². The lowest BCUT2D eigenvalue weighted by molar-refractivity contribution is 0.473. The highest BCUT2D eigenvalue weighted by molar-refractivity contribution is 9.10. The molecule has 1 saturated carbocycles. The molecule has 1 fully saturated rings. The minimum Gasteiger partial charge on any atom is -0.380 e. The zero-order chi connectivity index (χ0) is 14.5. The Kier molecular flexibility index (Phi) is 5.55. The van der Waals surface area contributed by atoms with Gasteiger partial charge in [0.05, 0.1) is 11.9 Å². The number of hydrogen-bond donors (Lipinski definition) is 1. The van der Waals surface area contributed by atoms with Crippen molar-refractivity contribution >= 4 is 33.4 Å². The predicted octanol–water partition coefficient (Wildman–Crippen LogP) is 2.73. The largest absolute Gasteiger partial charge is 0.380 e. The zero-order valence-electron chi connectivity index (χ0n) is 11.4. The van der Waals surface area contributed by atoms with Crippen molar-refractivity contribution in [3.8, 4) is 12.3 Å². The van der Waals surface area contributed by atoms with Crippen molar-refractivity contribution in [1.82, 2.24) is 9.78 Å². The minimum absolute atomic E-state index is 0.190. The fourth-order valence-corrected chi connectivity index (χ4v) is 3.72. The number of anilines is 1. The first-order valence-corrected chi connectivity index (χ1v) is 8.72. The summed E-state index contributed by atoms with van der Waals surface area (Å²) < 4.78 is 1.79. The Labute approximate surface area is 131 Å². The van der Waals surface area contributed by atoms with Crippen LogP contribution in [0.5, 0.6) is 0 Å². The summed E-state index contributed by atoms with van der Waals surface area (Å²) in [7, 11) is 0. The highest BCUT2D eigenvalue weighted by atomic mass is 79.9. The standard InChI is InChI=1S/C14H18BrN3OS/c1-3-7-18-14(19)13(15)12(9-16-18)17-10-5-4-6-11(8-10)20-2/h1,9-11,17H,4-8H2,2H3. The predicted molar refractivity (Wildman–Crippen MR) is 88.2 cm³/mol. The third kappa shape index (κ3) is 3.58. The molecule has 1 aromatic rings. The topological polar surface area (TPSA) is 46.9 Å². The zero-order valence-corrected chi connectivity index (χ0v) is 13.8. The Morgan fingerprint density at radius 1 is 1.65 bits per heavy atom. The maximum atomic E-state index is 12.1. The molecule has 0 bridgehead atoms. The summed E-state index contributed by atoms with van der Waals surface area (Å²) in [6.07, 6.45) is 13.8. The van der Waals surface area contributed by atoms with Gasteiger partial charge in [-0.1, -0.05) is 12.3 Å². The average molecular weight is 356 g/mol. The first kappa shape index (κ1) is 15.5. The van der Waals surface area contributed by atoms with Gasteiger partial charge in [0.2, 0.25) is 0 Å². The molecule has 0 radical (unpaired) electrons. The molecule has 4 nitrogen and oxygen atoms in total. The van der Waals surface area contributed by atoms with E-state index in [1.54, 1.807) is 6.20 Å². The van der Waals surface area contributed by atoms with Gasteiger partial charge in [0, 0.05) is 11.3 Å². The number of thioether (sulfide) groups is 1. The molecule has 1 aromatic heterocycles. The van der Waals surface area contributed by atoms with E-state index in [4.69, 9.17) is 6.42 Å². The van der Waals surface area contributed by atoms with Crippen molar-refractivity contribution in [2.45, 2.75) is 43.5 Å². The second-order valence-electron chi connectivity index (χ2n) is 4.90. The van der Waals surface area contributed by atoms with Crippen molar-refractivity contribution in [3.63, 3.8) is 0 Å². The molecule has 1 N–H and O–H groups in total. The van der Waals surface area contributed by atoms with Gasteiger partial charge in [-0.25, -0.2) is 4.68 Å². The number of rotatable bonds is 4. The van der Waals surface area contributed by atoms with Crippen molar-refractivity contribution in [2.24, 2.45) is 0 Å². The van der Waals surface area contributed by atoms with Gasteiger partial charge in [0.1, 0.15) is 11.0 Å². The van der Waals surface area contributed by atoms with Gasteiger partial charge in [-0.2, -0.15) is 16.9 Å². The molecule has 1 heterocycles. The molecule has 20 heavy (non-hydrogen) atoms. The summed E-state index contributed by atoms with van der Waals surface area (Å²) >= 11 is 5.27. The van der Waals surface area contributed by atoms with E-state index >= 15 is 0 Å². The van der Waals surface area contributed by atoms with Crippen LogP contribution in [-0.4, -0.2) is 27.3 Å². The Hall–Kier alpha value is -0.930. The van der Waals surface area contributed by atoms with Crippen molar-refractivity contribution in [3.05, 3.63) is 21.0 Å². The van der Waals surface area contributed by atoms with E-state index in [-0.39, 0.29) is 12.1 Å². The van der Waals surface area contributed by atoms with Gasteiger partial charge in [-0.3, -0.25) is 4.79 Å². The molecule has 0 amide bonds. The normalized spacial score (nSPS) is 22.2. The minimum atomic E-state index is -0.190. The summed E-state index contributed by atoms with van der Waals surface area (Å²) in [4.78, 5) is 12.1. The molecule has 1 aliphatic rings. The van der Waals surface area contributed by atoms with Crippen LogP contribution in [-0.2, 0) is 6.54 Å². The van der Waals surface area contributed by atoms with E-state index in [2.05, 4.69) is 38.5 Å². The quantitative estimate of drug-likeness (QED) is 0.843. The molecule has 108 valence electrons. The lowest BCUT2D eigenvalue weighted by atomic mass is 9.95. The van der Waals surface area contributed by atoms with E-state index in [1.165, 1.54) is 17.5 Å². The highest BCUT2D eigenvalue weighted by Crippen LogP contribution is 2.29. The number of hydrogen-bond acceptors (Lipinski definition) is 4. The molecule has 1 aliphatic carbocycles. The smallest absolute Gasteiger partial charge is 0.284 e. The second-order valence-corrected chi connectivity index (χ2v) is 6.84. The maximum absolute atomic E-state index is 12.1. The third-order valence-electron chi connectivity index (χ3n) is 3.54. The number of nitrogens with one attached hydrogen (secondary N) is 1. The van der Waals surface area contributed by atoms with Crippen LogP contribution in [0.3, 0.4) is 0 Å². The third-order valence-corrected chi connectivity index (χ3v) is 5.41. The molecule has 2 unspecified atom stereocenters. The van der Waals surface area contributed by atoms with E-state index < -0.39 is 0 Å². The molecule has 0 aromatic carbocycles. The molecular formula is C14H18BrN3OS. The SMILES string of the molecule is C#CCn1ncc(NC2CCCC(SC)C2)c(Br)c1=O. The van der Waals surface area contributed by atoms with Crippen molar-refractivity contribution < 1.29 is 0 Å². The number of halogens is 1. The summed E-state index contributed by atoms with van der Waals surface area (Å²) in [6.45, 7) is 0.190. The molecule has 0 aliphatic heterocycles. The molecule has 0 saturated heterocycles. The van der Waals surface area contributed by atoms with Gasteiger partial charge in [-0.15, -0.1) is 6.42 Å². The Balaban J connectivity index is 2.12. The van der Waals surface area contributed by atoms with Crippen LogP contribution < -0.4 is 10.9 Å². The van der Waals surface area contributed by atoms with Gasteiger partial charge in [0.25, 0.3) is 5.56 Å². The van der Waals surface area contributed by atoms with Gasteiger partial charge < -0.3 is 5.32 Å². The monoisotopic (exact) mass is 355 g/mol. The Morgan fingerprint density at radius 3 is 3.15 bits per heavy atom. The van der Waals surface area contributed by atoms with Crippen LogP contribution in [0.15, 0.2) is 15.5 Å².